The van der Waals surface area contributed by atoms with Crippen LogP contribution in [0.2, 0.25) is 0 Å². The summed E-state index contributed by atoms with van der Waals surface area (Å²) in [5.41, 5.74) is 8.90. The van der Waals surface area contributed by atoms with Gasteiger partial charge in [-0.2, -0.15) is 0 Å². The van der Waals surface area contributed by atoms with Crippen molar-refractivity contribution in [1.82, 2.24) is 4.98 Å². The summed E-state index contributed by atoms with van der Waals surface area (Å²) < 4.78 is 5.12. The first kappa shape index (κ1) is 12.4. The summed E-state index contributed by atoms with van der Waals surface area (Å²) in [6.07, 6.45) is 3.55. The van der Waals surface area contributed by atoms with Crippen LogP contribution in [0.3, 0.4) is 0 Å². The fourth-order valence-electron chi connectivity index (χ4n) is 1.70. The predicted molar refractivity (Wildman–Crippen MR) is 72.4 cm³/mol. The molecule has 0 unspecified atom stereocenters. The smallest absolute Gasteiger partial charge is 0.118 e. The van der Waals surface area contributed by atoms with Crippen LogP contribution in [0.5, 0.6) is 5.75 Å². The van der Waals surface area contributed by atoms with Gasteiger partial charge in [-0.05, 0) is 23.8 Å². The Morgan fingerprint density at radius 2 is 2.00 bits per heavy atom. The molecular formula is C14H17N3O. The molecule has 1 heterocycles. The molecule has 0 spiro atoms. The van der Waals surface area contributed by atoms with Crippen molar-refractivity contribution in [3.05, 3.63) is 53.9 Å². The fraction of sp³-hybridized carbons (Fsp3) is 0.214. The molecule has 0 aliphatic rings. The Kier molecular flexibility index (Phi) is 4.15. The molecule has 0 radical (unpaired) electrons. The lowest BCUT2D eigenvalue weighted by atomic mass is 10.2. The van der Waals surface area contributed by atoms with Gasteiger partial charge in [0.25, 0.3) is 0 Å². The zero-order valence-corrected chi connectivity index (χ0v) is 10.4. The van der Waals surface area contributed by atoms with E-state index >= 15 is 0 Å². The second kappa shape index (κ2) is 6.02. The van der Waals surface area contributed by atoms with Gasteiger partial charge in [-0.15, -0.1) is 0 Å². The van der Waals surface area contributed by atoms with Gasteiger partial charge < -0.3 is 15.8 Å². The molecule has 0 atom stereocenters. The summed E-state index contributed by atoms with van der Waals surface area (Å²) in [5, 5.41) is 3.36. The van der Waals surface area contributed by atoms with E-state index in [2.05, 4.69) is 10.3 Å². The molecule has 94 valence electrons. The molecule has 0 aliphatic heterocycles. The van der Waals surface area contributed by atoms with Gasteiger partial charge in [0.05, 0.1) is 7.11 Å². The second-order valence-corrected chi connectivity index (χ2v) is 3.94. The Morgan fingerprint density at radius 3 is 2.67 bits per heavy atom. The van der Waals surface area contributed by atoms with Crippen molar-refractivity contribution in [2.24, 2.45) is 5.73 Å². The predicted octanol–water partition coefficient (Wildman–Crippen LogP) is 2.16. The van der Waals surface area contributed by atoms with Gasteiger partial charge in [0.1, 0.15) is 5.75 Å². The first-order valence-electron chi connectivity index (χ1n) is 5.83. The zero-order valence-electron chi connectivity index (χ0n) is 10.4. The lowest BCUT2D eigenvalue weighted by Crippen LogP contribution is -2.06. The van der Waals surface area contributed by atoms with Gasteiger partial charge in [0.2, 0.25) is 0 Å². The van der Waals surface area contributed by atoms with Gasteiger partial charge in [-0.3, -0.25) is 4.98 Å². The Labute approximate surface area is 107 Å². The average molecular weight is 243 g/mol. The van der Waals surface area contributed by atoms with Crippen LogP contribution in [0, 0.1) is 0 Å². The van der Waals surface area contributed by atoms with Gasteiger partial charge >= 0.3 is 0 Å². The molecule has 0 aliphatic carbocycles. The van der Waals surface area contributed by atoms with Crippen molar-refractivity contribution in [3.63, 3.8) is 0 Å². The number of hydrogen-bond donors (Lipinski definition) is 2. The van der Waals surface area contributed by atoms with Crippen LogP contribution >= 0.6 is 0 Å². The van der Waals surface area contributed by atoms with E-state index in [1.807, 2.05) is 30.3 Å². The minimum Gasteiger partial charge on any atom is -0.497 e. The molecule has 1 aromatic carbocycles. The minimum absolute atomic E-state index is 0.485. The molecule has 0 amide bonds. The minimum atomic E-state index is 0.485. The van der Waals surface area contributed by atoms with Crippen molar-refractivity contribution in [1.29, 1.82) is 0 Å². The van der Waals surface area contributed by atoms with Crippen LogP contribution in [0.1, 0.15) is 11.1 Å². The van der Waals surface area contributed by atoms with E-state index in [1.54, 1.807) is 19.5 Å². The van der Waals surface area contributed by atoms with E-state index in [0.29, 0.717) is 6.54 Å². The van der Waals surface area contributed by atoms with E-state index in [1.165, 1.54) is 5.56 Å². The molecule has 0 bridgehead atoms. The van der Waals surface area contributed by atoms with Crippen LogP contribution in [-0.2, 0) is 13.1 Å². The number of nitrogens with zero attached hydrogens (tertiary/aromatic N) is 1. The lowest BCUT2D eigenvalue weighted by molar-refractivity contribution is 0.414. The Balaban J connectivity index is 2.02. The van der Waals surface area contributed by atoms with Crippen molar-refractivity contribution in [2.75, 3.05) is 12.4 Å². The molecule has 1 aromatic heterocycles. The maximum Gasteiger partial charge on any atom is 0.118 e. The van der Waals surface area contributed by atoms with Crippen molar-refractivity contribution >= 4 is 5.69 Å². The van der Waals surface area contributed by atoms with Crippen molar-refractivity contribution in [3.8, 4) is 5.75 Å². The van der Waals surface area contributed by atoms with E-state index in [-0.39, 0.29) is 0 Å². The molecule has 0 saturated carbocycles. The molecule has 2 aromatic rings. The van der Waals surface area contributed by atoms with Crippen LogP contribution in [0.15, 0.2) is 42.7 Å². The standard InChI is InChI=1S/C14H17N3O/c1-18-13-4-2-11(3-5-13)9-17-14-6-7-16-10-12(14)8-15/h2-7,10H,8-9,15H2,1H3,(H,16,17). The second-order valence-electron chi connectivity index (χ2n) is 3.94. The largest absolute Gasteiger partial charge is 0.497 e. The number of hydrogen-bond acceptors (Lipinski definition) is 4. The molecule has 3 N–H and O–H groups in total. The molecule has 18 heavy (non-hydrogen) atoms. The summed E-state index contributed by atoms with van der Waals surface area (Å²) in [6, 6.07) is 9.91. The summed E-state index contributed by atoms with van der Waals surface area (Å²) >= 11 is 0. The quantitative estimate of drug-likeness (QED) is 0.844. The van der Waals surface area contributed by atoms with Crippen LogP contribution in [0.4, 0.5) is 5.69 Å². The van der Waals surface area contributed by atoms with Crippen LogP contribution in [-0.4, -0.2) is 12.1 Å². The third-order valence-corrected chi connectivity index (χ3v) is 2.77. The van der Waals surface area contributed by atoms with Gasteiger partial charge in [0, 0.05) is 36.7 Å². The highest BCUT2D eigenvalue weighted by Gasteiger charge is 2.00. The summed E-state index contributed by atoms with van der Waals surface area (Å²) in [5.74, 6) is 0.866. The van der Waals surface area contributed by atoms with Gasteiger partial charge in [-0.1, -0.05) is 12.1 Å². The SMILES string of the molecule is COc1ccc(CNc2ccncc2CN)cc1. The highest BCUT2D eigenvalue weighted by molar-refractivity contribution is 5.49. The summed E-state index contributed by atoms with van der Waals surface area (Å²) in [7, 11) is 1.66. The topological polar surface area (TPSA) is 60.2 Å². The lowest BCUT2D eigenvalue weighted by Gasteiger charge is -2.10. The zero-order chi connectivity index (χ0) is 12.8. The summed E-state index contributed by atoms with van der Waals surface area (Å²) in [6.45, 7) is 1.24. The number of anilines is 1. The van der Waals surface area contributed by atoms with E-state index in [4.69, 9.17) is 10.5 Å². The van der Waals surface area contributed by atoms with E-state index in [9.17, 15) is 0 Å². The van der Waals surface area contributed by atoms with Gasteiger partial charge in [-0.25, -0.2) is 0 Å². The first-order chi connectivity index (χ1) is 8.83. The van der Waals surface area contributed by atoms with Crippen LogP contribution < -0.4 is 15.8 Å². The van der Waals surface area contributed by atoms with E-state index < -0.39 is 0 Å². The molecule has 4 nitrogen and oxygen atoms in total. The maximum absolute atomic E-state index is 5.66. The highest BCUT2D eigenvalue weighted by atomic mass is 16.5. The molecular weight excluding hydrogens is 226 g/mol. The van der Waals surface area contributed by atoms with Crippen molar-refractivity contribution in [2.45, 2.75) is 13.1 Å². The third kappa shape index (κ3) is 2.99. The third-order valence-electron chi connectivity index (χ3n) is 2.77. The maximum atomic E-state index is 5.66. The Bertz CT molecular complexity index is 497. The number of nitrogens with one attached hydrogen (secondary N) is 1. The van der Waals surface area contributed by atoms with Crippen LogP contribution in [0.25, 0.3) is 0 Å². The summed E-state index contributed by atoms with van der Waals surface area (Å²) in [4.78, 5) is 4.06. The number of methoxy groups -OCH3 is 1. The number of benzene rings is 1. The molecule has 0 fully saturated rings. The molecule has 4 heteroatoms. The van der Waals surface area contributed by atoms with E-state index in [0.717, 1.165) is 23.5 Å². The Hall–Kier alpha value is -2.07. The fourth-order valence-corrected chi connectivity index (χ4v) is 1.70. The number of aromatic nitrogens is 1. The van der Waals surface area contributed by atoms with Gasteiger partial charge in [0.15, 0.2) is 0 Å². The number of pyridine rings is 1. The monoisotopic (exact) mass is 243 g/mol. The number of nitrogens with two attached hydrogens (primary N) is 1. The normalized spacial score (nSPS) is 10.1. The molecule has 2 rings (SSSR count). The Morgan fingerprint density at radius 1 is 1.22 bits per heavy atom. The average Bonchev–Trinajstić information content (AvgIpc) is 2.46. The number of ether oxygens (including phenoxy) is 1. The van der Waals surface area contributed by atoms with Crippen molar-refractivity contribution < 1.29 is 4.74 Å². The highest BCUT2D eigenvalue weighted by Crippen LogP contribution is 2.16. The first-order valence-corrected chi connectivity index (χ1v) is 5.83. The number of rotatable bonds is 5. The molecule has 0 saturated heterocycles.